The van der Waals surface area contributed by atoms with Gasteiger partial charge in [-0.05, 0) is 42.0 Å². The normalized spacial score (nSPS) is 18.1. The van der Waals surface area contributed by atoms with Crippen molar-refractivity contribution in [3.05, 3.63) is 70.3 Å². The van der Waals surface area contributed by atoms with Gasteiger partial charge in [0.15, 0.2) is 0 Å². The van der Waals surface area contributed by atoms with Crippen molar-refractivity contribution in [2.75, 3.05) is 24.2 Å². The maximum absolute atomic E-state index is 12.5. The zero-order valence-corrected chi connectivity index (χ0v) is 19.0. The van der Waals surface area contributed by atoms with Crippen LogP contribution in [0.2, 0.25) is 10.0 Å². The first kappa shape index (κ1) is 23.0. The molecule has 2 aromatic carbocycles. The van der Waals surface area contributed by atoms with E-state index in [4.69, 9.17) is 23.2 Å². The van der Waals surface area contributed by atoms with E-state index in [1.807, 2.05) is 48.5 Å². The zero-order valence-electron chi connectivity index (χ0n) is 15.9. The molecule has 2 atom stereocenters. The monoisotopic (exact) mass is 482 g/mol. The summed E-state index contributed by atoms with van der Waals surface area (Å²) >= 11 is 13.7. The molecule has 5 nitrogen and oxygen atoms in total. The number of hydrogen-bond acceptors (Lipinski definition) is 5. The fraction of sp³-hybridized carbons (Fsp3) is 0.238. The molecule has 0 bridgehead atoms. The molecule has 2 unspecified atom stereocenters. The standard InChI is InChI=1S/C21H20Cl2N4OS.ClH/c22-14-3-1-13(2-4-14)21-27-19(12-29-21)20(28)26-10-9-25-17-7-8-24-18-11-15(23)5-6-16(17)18;/h1-8,11,19,21,27H,9-10,12H2,(H,24,25)(H,26,28);1H. The van der Waals surface area contributed by atoms with Gasteiger partial charge in [0, 0.05) is 46.2 Å². The van der Waals surface area contributed by atoms with E-state index in [0.717, 1.165) is 27.9 Å². The Labute approximate surface area is 195 Å². The quantitative estimate of drug-likeness (QED) is 0.435. The number of hydrogen-bond donors (Lipinski definition) is 3. The summed E-state index contributed by atoms with van der Waals surface area (Å²) in [5, 5.41) is 12.2. The van der Waals surface area contributed by atoms with Crippen LogP contribution >= 0.6 is 47.4 Å². The van der Waals surface area contributed by atoms with Crippen LogP contribution in [0.3, 0.4) is 0 Å². The van der Waals surface area contributed by atoms with Gasteiger partial charge in [-0.2, -0.15) is 0 Å². The lowest BCUT2D eigenvalue weighted by atomic mass is 10.2. The van der Waals surface area contributed by atoms with Gasteiger partial charge in [-0.25, -0.2) is 0 Å². The maximum Gasteiger partial charge on any atom is 0.238 e. The highest BCUT2D eigenvalue weighted by Gasteiger charge is 2.30. The molecule has 1 amide bonds. The molecule has 1 aliphatic heterocycles. The number of thioether (sulfide) groups is 1. The van der Waals surface area contributed by atoms with Crippen LogP contribution in [0.15, 0.2) is 54.7 Å². The number of aromatic nitrogens is 1. The van der Waals surface area contributed by atoms with Crippen LogP contribution in [0, 0.1) is 0 Å². The highest BCUT2D eigenvalue weighted by molar-refractivity contribution is 7.99. The van der Waals surface area contributed by atoms with E-state index in [1.165, 1.54) is 0 Å². The van der Waals surface area contributed by atoms with Crippen molar-refractivity contribution in [2.45, 2.75) is 11.4 Å². The average Bonchev–Trinajstić information content (AvgIpc) is 3.21. The number of carbonyl (C=O) groups excluding carboxylic acids is 1. The largest absolute Gasteiger partial charge is 0.383 e. The van der Waals surface area contributed by atoms with Crippen LogP contribution in [-0.2, 0) is 4.79 Å². The lowest BCUT2D eigenvalue weighted by molar-refractivity contribution is -0.122. The van der Waals surface area contributed by atoms with Crippen molar-refractivity contribution >= 4 is 69.9 Å². The number of pyridine rings is 1. The number of nitrogens with zero attached hydrogens (tertiary/aromatic N) is 1. The van der Waals surface area contributed by atoms with Crippen molar-refractivity contribution < 1.29 is 4.79 Å². The lowest BCUT2D eigenvalue weighted by Gasteiger charge is -2.15. The van der Waals surface area contributed by atoms with Crippen LogP contribution in [-0.4, -0.2) is 35.8 Å². The molecule has 0 saturated carbocycles. The van der Waals surface area contributed by atoms with Crippen molar-refractivity contribution in [1.82, 2.24) is 15.6 Å². The highest BCUT2D eigenvalue weighted by atomic mass is 35.5. The molecule has 9 heteroatoms. The van der Waals surface area contributed by atoms with Gasteiger partial charge < -0.3 is 10.6 Å². The SMILES string of the molecule is Cl.O=C(NCCNc1ccnc2cc(Cl)ccc12)C1CSC(c2ccc(Cl)cc2)N1. The molecule has 3 aromatic rings. The maximum atomic E-state index is 12.5. The topological polar surface area (TPSA) is 66.0 Å². The van der Waals surface area contributed by atoms with Gasteiger partial charge in [-0.3, -0.25) is 15.1 Å². The fourth-order valence-electron chi connectivity index (χ4n) is 3.23. The summed E-state index contributed by atoms with van der Waals surface area (Å²) in [5.74, 6) is 0.754. The van der Waals surface area contributed by atoms with E-state index in [0.29, 0.717) is 23.1 Å². The summed E-state index contributed by atoms with van der Waals surface area (Å²) in [5.41, 5.74) is 2.94. The number of amides is 1. The summed E-state index contributed by atoms with van der Waals surface area (Å²) in [6.45, 7) is 1.15. The number of carbonyl (C=O) groups is 1. The number of halogens is 3. The smallest absolute Gasteiger partial charge is 0.238 e. The lowest BCUT2D eigenvalue weighted by Crippen LogP contribution is -2.43. The summed E-state index contributed by atoms with van der Waals surface area (Å²) in [7, 11) is 0. The average molecular weight is 484 g/mol. The first-order chi connectivity index (χ1) is 14.1. The Morgan fingerprint density at radius 3 is 2.67 bits per heavy atom. The molecule has 1 fully saturated rings. The molecule has 30 heavy (non-hydrogen) atoms. The fourth-order valence-corrected chi connectivity index (χ4v) is 4.77. The van der Waals surface area contributed by atoms with Gasteiger partial charge in [0.2, 0.25) is 5.91 Å². The molecule has 1 aliphatic rings. The summed E-state index contributed by atoms with van der Waals surface area (Å²) in [6.07, 6.45) is 1.75. The van der Waals surface area contributed by atoms with Gasteiger partial charge in [-0.1, -0.05) is 35.3 Å². The molecule has 158 valence electrons. The van der Waals surface area contributed by atoms with E-state index in [2.05, 4.69) is 20.9 Å². The number of benzene rings is 2. The summed E-state index contributed by atoms with van der Waals surface area (Å²) in [4.78, 5) is 16.8. The molecular formula is C21H21Cl3N4OS. The molecular weight excluding hydrogens is 463 g/mol. The van der Waals surface area contributed by atoms with E-state index in [1.54, 1.807) is 18.0 Å². The predicted octanol–water partition coefficient (Wildman–Crippen LogP) is 4.90. The molecule has 2 heterocycles. The van der Waals surface area contributed by atoms with Gasteiger partial charge in [0.1, 0.15) is 0 Å². The molecule has 3 N–H and O–H groups in total. The van der Waals surface area contributed by atoms with Crippen LogP contribution < -0.4 is 16.0 Å². The van der Waals surface area contributed by atoms with Crippen molar-refractivity contribution in [3.63, 3.8) is 0 Å². The Morgan fingerprint density at radius 2 is 1.87 bits per heavy atom. The Morgan fingerprint density at radius 1 is 1.10 bits per heavy atom. The number of fused-ring (bicyclic) bond motifs is 1. The number of anilines is 1. The summed E-state index contributed by atoms with van der Waals surface area (Å²) in [6, 6.07) is 15.1. The molecule has 0 spiro atoms. The second-order valence-electron chi connectivity index (χ2n) is 6.72. The third-order valence-corrected chi connectivity index (χ3v) is 6.47. The Bertz CT molecular complexity index is 1020. The van der Waals surface area contributed by atoms with Crippen molar-refractivity contribution in [2.24, 2.45) is 0 Å². The number of nitrogens with one attached hydrogen (secondary N) is 3. The molecule has 1 aromatic heterocycles. The molecule has 4 rings (SSSR count). The first-order valence-corrected chi connectivity index (χ1v) is 11.1. The molecule has 0 radical (unpaired) electrons. The van der Waals surface area contributed by atoms with E-state index >= 15 is 0 Å². The summed E-state index contributed by atoms with van der Waals surface area (Å²) < 4.78 is 0. The van der Waals surface area contributed by atoms with E-state index in [-0.39, 0.29) is 29.7 Å². The Balaban J connectivity index is 0.00000256. The second kappa shape index (κ2) is 10.6. The van der Waals surface area contributed by atoms with Crippen LogP contribution in [0.25, 0.3) is 10.9 Å². The second-order valence-corrected chi connectivity index (χ2v) is 8.73. The minimum absolute atomic E-state index is 0. The minimum Gasteiger partial charge on any atom is -0.383 e. The van der Waals surface area contributed by atoms with Crippen molar-refractivity contribution in [1.29, 1.82) is 0 Å². The van der Waals surface area contributed by atoms with Crippen LogP contribution in [0.4, 0.5) is 5.69 Å². The van der Waals surface area contributed by atoms with Crippen LogP contribution in [0.1, 0.15) is 10.9 Å². The third-order valence-electron chi connectivity index (χ3n) is 4.72. The Kier molecular flexibility index (Phi) is 8.08. The zero-order chi connectivity index (χ0) is 20.2. The Hall–Kier alpha value is -1.70. The van der Waals surface area contributed by atoms with E-state index in [9.17, 15) is 4.79 Å². The van der Waals surface area contributed by atoms with E-state index < -0.39 is 0 Å². The third kappa shape index (κ3) is 5.50. The highest BCUT2D eigenvalue weighted by Crippen LogP contribution is 2.33. The molecule has 1 saturated heterocycles. The first-order valence-electron chi connectivity index (χ1n) is 9.29. The minimum atomic E-state index is -0.204. The van der Waals surface area contributed by atoms with Gasteiger partial charge in [0.25, 0.3) is 0 Å². The van der Waals surface area contributed by atoms with Gasteiger partial charge in [-0.15, -0.1) is 24.2 Å². The van der Waals surface area contributed by atoms with Crippen LogP contribution in [0.5, 0.6) is 0 Å². The van der Waals surface area contributed by atoms with Crippen molar-refractivity contribution in [3.8, 4) is 0 Å². The predicted molar refractivity (Wildman–Crippen MR) is 129 cm³/mol. The molecule has 0 aliphatic carbocycles. The number of rotatable bonds is 6. The van der Waals surface area contributed by atoms with Gasteiger partial charge in [0.05, 0.1) is 16.9 Å². The van der Waals surface area contributed by atoms with Gasteiger partial charge >= 0.3 is 0 Å².